The van der Waals surface area contributed by atoms with Crippen LogP contribution < -0.4 is 5.43 Å². The lowest BCUT2D eigenvalue weighted by molar-refractivity contribution is -0.120. The highest BCUT2D eigenvalue weighted by Crippen LogP contribution is 2.24. The third-order valence-corrected chi connectivity index (χ3v) is 3.38. The number of amides is 1. The number of hydrogen-bond donors (Lipinski definition) is 2. The monoisotopic (exact) mass is 305 g/mol. The Kier molecular flexibility index (Phi) is 4.29. The average molecular weight is 305 g/mol. The Morgan fingerprint density at radius 3 is 2.78 bits per heavy atom. The Morgan fingerprint density at radius 1 is 1.13 bits per heavy atom. The third-order valence-electron chi connectivity index (χ3n) is 3.38. The number of nitrogens with one attached hydrogen (secondary N) is 1. The van der Waals surface area contributed by atoms with E-state index in [1.807, 2.05) is 36.4 Å². The largest absolute Gasteiger partial charge is 0.506 e. The topological polar surface area (TPSA) is 74.6 Å². The summed E-state index contributed by atoms with van der Waals surface area (Å²) in [5, 5.41) is 14.6. The van der Waals surface area contributed by atoms with Crippen LogP contribution in [0.25, 0.3) is 10.9 Å². The number of benzene rings is 2. The van der Waals surface area contributed by atoms with Crippen LogP contribution in [0.2, 0.25) is 0 Å². The first kappa shape index (κ1) is 14.7. The molecule has 5 nitrogen and oxygen atoms in total. The van der Waals surface area contributed by atoms with Crippen molar-refractivity contribution in [1.82, 2.24) is 10.4 Å². The molecule has 114 valence electrons. The molecule has 0 aliphatic carbocycles. The number of aromatic hydroxyl groups is 1. The summed E-state index contributed by atoms with van der Waals surface area (Å²) >= 11 is 0. The van der Waals surface area contributed by atoms with E-state index in [0.717, 1.165) is 16.5 Å². The van der Waals surface area contributed by atoms with E-state index < -0.39 is 0 Å². The summed E-state index contributed by atoms with van der Waals surface area (Å²) in [5.74, 6) is -0.0699. The van der Waals surface area contributed by atoms with E-state index in [-0.39, 0.29) is 18.1 Å². The summed E-state index contributed by atoms with van der Waals surface area (Å²) in [6, 6.07) is 16.4. The van der Waals surface area contributed by atoms with Crippen LogP contribution in [-0.4, -0.2) is 22.2 Å². The molecular weight excluding hydrogens is 290 g/mol. The molecule has 2 N–H and O–H groups in total. The van der Waals surface area contributed by atoms with Crippen LogP contribution in [0.5, 0.6) is 5.75 Å². The number of fused-ring (bicyclic) bond motifs is 1. The fourth-order valence-electron chi connectivity index (χ4n) is 2.29. The summed E-state index contributed by atoms with van der Waals surface area (Å²) in [5.41, 5.74) is 4.71. The number of aromatic nitrogens is 1. The second kappa shape index (κ2) is 6.70. The number of hydrazone groups is 1. The number of rotatable bonds is 4. The van der Waals surface area contributed by atoms with E-state index in [2.05, 4.69) is 15.5 Å². The van der Waals surface area contributed by atoms with Gasteiger partial charge in [0.25, 0.3) is 0 Å². The normalized spacial score (nSPS) is 11.0. The Morgan fingerprint density at radius 2 is 1.96 bits per heavy atom. The molecule has 0 saturated carbocycles. The van der Waals surface area contributed by atoms with Gasteiger partial charge in [-0.3, -0.25) is 9.78 Å². The van der Waals surface area contributed by atoms with Gasteiger partial charge in [0.15, 0.2) is 0 Å². The number of phenols is 1. The van der Waals surface area contributed by atoms with Gasteiger partial charge in [0, 0.05) is 17.1 Å². The van der Waals surface area contributed by atoms with Crippen LogP contribution in [-0.2, 0) is 11.2 Å². The smallest absolute Gasteiger partial charge is 0.244 e. The predicted molar refractivity (Wildman–Crippen MR) is 89.3 cm³/mol. The molecule has 0 unspecified atom stereocenters. The molecular formula is C18H15N3O2. The zero-order valence-corrected chi connectivity index (χ0v) is 12.3. The lowest BCUT2D eigenvalue weighted by Crippen LogP contribution is -2.19. The van der Waals surface area contributed by atoms with Crippen molar-refractivity contribution in [3.8, 4) is 5.75 Å². The molecule has 0 saturated heterocycles. The summed E-state index contributed by atoms with van der Waals surface area (Å²) in [6.45, 7) is 0. The molecule has 0 fully saturated rings. The van der Waals surface area contributed by atoms with E-state index in [0.29, 0.717) is 5.52 Å². The molecule has 1 aromatic heterocycles. The molecule has 0 radical (unpaired) electrons. The molecule has 0 spiro atoms. The standard InChI is InChI=1S/C18H15N3O2/c22-16-9-8-14(15-7-4-10-19-18(15)16)12-20-21-17(23)11-13-5-2-1-3-6-13/h1-10,12,22H,11H2,(H,21,23)/b20-12+. The number of phenolic OH excluding ortho intramolecular Hbond substituents is 1. The van der Waals surface area contributed by atoms with Crippen molar-refractivity contribution in [1.29, 1.82) is 0 Å². The van der Waals surface area contributed by atoms with Crippen molar-refractivity contribution in [2.24, 2.45) is 5.10 Å². The molecule has 0 aliphatic heterocycles. The zero-order valence-electron chi connectivity index (χ0n) is 12.3. The first-order valence-electron chi connectivity index (χ1n) is 7.16. The third kappa shape index (κ3) is 3.52. The quantitative estimate of drug-likeness (QED) is 0.575. The van der Waals surface area contributed by atoms with Crippen LogP contribution in [0.3, 0.4) is 0 Å². The van der Waals surface area contributed by atoms with E-state index in [1.54, 1.807) is 30.6 Å². The van der Waals surface area contributed by atoms with Crippen LogP contribution in [0.15, 0.2) is 65.9 Å². The number of carbonyl (C=O) groups is 1. The maximum absolute atomic E-state index is 11.8. The van der Waals surface area contributed by atoms with Gasteiger partial charge in [0.05, 0.1) is 12.6 Å². The lowest BCUT2D eigenvalue weighted by Gasteiger charge is -2.03. The van der Waals surface area contributed by atoms with Gasteiger partial charge < -0.3 is 5.11 Å². The number of nitrogens with zero attached hydrogens (tertiary/aromatic N) is 2. The second-order valence-corrected chi connectivity index (χ2v) is 5.03. The van der Waals surface area contributed by atoms with Crippen LogP contribution in [0.1, 0.15) is 11.1 Å². The highest BCUT2D eigenvalue weighted by atomic mass is 16.3. The van der Waals surface area contributed by atoms with Crippen molar-refractivity contribution < 1.29 is 9.90 Å². The molecule has 3 rings (SSSR count). The van der Waals surface area contributed by atoms with Gasteiger partial charge in [-0.25, -0.2) is 5.43 Å². The van der Waals surface area contributed by atoms with E-state index >= 15 is 0 Å². The Labute approximate surface area is 133 Å². The van der Waals surface area contributed by atoms with Gasteiger partial charge in [-0.05, 0) is 23.8 Å². The highest BCUT2D eigenvalue weighted by molar-refractivity contribution is 6.00. The van der Waals surface area contributed by atoms with E-state index in [9.17, 15) is 9.90 Å². The maximum atomic E-state index is 11.8. The van der Waals surface area contributed by atoms with Crippen molar-refractivity contribution >= 4 is 23.0 Å². The minimum absolute atomic E-state index is 0.117. The summed E-state index contributed by atoms with van der Waals surface area (Å²) < 4.78 is 0. The van der Waals surface area contributed by atoms with Crippen molar-refractivity contribution in [3.63, 3.8) is 0 Å². The average Bonchev–Trinajstić information content (AvgIpc) is 2.58. The van der Waals surface area contributed by atoms with Gasteiger partial charge in [0.2, 0.25) is 5.91 Å². The van der Waals surface area contributed by atoms with Crippen LogP contribution >= 0.6 is 0 Å². The second-order valence-electron chi connectivity index (χ2n) is 5.03. The SMILES string of the molecule is O=C(Cc1ccccc1)N/N=C/c1ccc(O)c2ncccc12. The molecule has 2 aromatic carbocycles. The lowest BCUT2D eigenvalue weighted by atomic mass is 10.1. The molecule has 1 heterocycles. The van der Waals surface area contributed by atoms with E-state index in [4.69, 9.17) is 0 Å². The van der Waals surface area contributed by atoms with Crippen LogP contribution in [0.4, 0.5) is 0 Å². The van der Waals surface area contributed by atoms with Gasteiger partial charge in [0.1, 0.15) is 11.3 Å². The van der Waals surface area contributed by atoms with E-state index in [1.165, 1.54) is 0 Å². The number of hydrogen-bond acceptors (Lipinski definition) is 4. The van der Waals surface area contributed by atoms with Gasteiger partial charge in [-0.2, -0.15) is 5.10 Å². The van der Waals surface area contributed by atoms with Crippen LogP contribution in [0, 0.1) is 0 Å². The molecule has 5 heteroatoms. The maximum Gasteiger partial charge on any atom is 0.244 e. The first-order valence-corrected chi connectivity index (χ1v) is 7.16. The molecule has 0 aliphatic rings. The predicted octanol–water partition coefficient (Wildman–Crippen LogP) is 2.63. The zero-order chi connectivity index (χ0) is 16.1. The Bertz CT molecular complexity index is 861. The number of pyridine rings is 1. The van der Waals surface area contributed by atoms with Gasteiger partial charge in [-0.1, -0.05) is 36.4 Å². The van der Waals surface area contributed by atoms with Gasteiger partial charge in [-0.15, -0.1) is 0 Å². The Hall–Kier alpha value is -3.21. The minimum Gasteiger partial charge on any atom is -0.506 e. The first-order chi connectivity index (χ1) is 11.2. The molecule has 3 aromatic rings. The fraction of sp³-hybridized carbons (Fsp3) is 0.0556. The van der Waals surface area contributed by atoms with Crippen molar-refractivity contribution in [2.45, 2.75) is 6.42 Å². The molecule has 0 bridgehead atoms. The minimum atomic E-state index is -0.186. The molecule has 0 atom stereocenters. The summed E-state index contributed by atoms with van der Waals surface area (Å²) in [7, 11) is 0. The highest BCUT2D eigenvalue weighted by Gasteiger charge is 2.05. The molecule has 1 amide bonds. The molecule has 23 heavy (non-hydrogen) atoms. The van der Waals surface area contributed by atoms with Crippen molar-refractivity contribution in [2.75, 3.05) is 0 Å². The number of carbonyl (C=O) groups excluding carboxylic acids is 1. The van der Waals surface area contributed by atoms with Gasteiger partial charge >= 0.3 is 0 Å². The summed E-state index contributed by atoms with van der Waals surface area (Å²) in [6.07, 6.45) is 3.44. The van der Waals surface area contributed by atoms with Crippen molar-refractivity contribution in [3.05, 3.63) is 71.9 Å². The summed E-state index contributed by atoms with van der Waals surface area (Å²) in [4.78, 5) is 16.0. The fourth-order valence-corrected chi connectivity index (χ4v) is 2.29. The Balaban J connectivity index is 1.71.